The van der Waals surface area contributed by atoms with Crippen LogP contribution in [0.15, 0.2) is 18.3 Å². The van der Waals surface area contributed by atoms with Gasteiger partial charge in [-0.15, -0.1) is 10.2 Å². The van der Waals surface area contributed by atoms with Crippen molar-refractivity contribution in [2.24, 2.45) is 0 Å². The molecule has 19 heavy (non-hydrogen) atoms. The molecule has 0 fully saturated rings. The number of hydrogen-bond donors (Lipinski definition) is 1. The molecule has 2 aromatic rings. The molecule has 0 saturated heterocycles. The molecule has 0 bridgehead atoms. The van der Waals surface area contributed by atoms with Gasteiger partial charge >= 0.3 is 0 Å². The van der Waals surface area contributed by atoms with Crippen molar-refractivity contribution in [1.82, 2.24) is 20.5 Å². The summed E-state index contributed by atoms with van der Waals surface area (Å²) in [5.41, 5.74) is 0.889. The highest BCUT2D eigenvalue weighted by Crippen LogP contribution is 2.32. The fourth-order valence-electron chi connectivity index (χ4n) is 1.85. The van der Waals surface area contributed by atoms with Gasteiger partial charge < -0.3 is 10.1 Å². The first-order valence-electron chi connectivity index (χ1n) is 6.36. The molecule has 102 valence electrons. The smallest absolute Gasteiger partial charge is 0.223 e. The first kappa shape index (κ1) is 13.9. The van der Waals surface area contributed by atoms with E-state index in [0.717, 1.165) is 28.5 Å². The Morgan fingerprint density at radius 2 is 2.21 bits per heavy atom. The van der Waals surface area contributed by atoms with Gasteiger partial charge in [0.05, 0.1) is 18.7 Å². The number of nitrogens with one attached hydrogen (secondary N) is 1. The third-order valence-corrected chi connectivity index (χ3v) is 3.86. The predicted molar refractivity (Wildman–Crippen MR) is 76.4 cm³/mol. The molecule has 2 aromatic heterocycles. The molecule has 2 rings (SSSR count). The minimum Gasteiger partial charge on any atom is -0.480 e. The van der Waals surface area contributed by atoms with Crippen molar-refractivity contribution >= 4 is 11.3 Å². The van der Waals surface area contributed by atoms with Crippen LogP contribution in [0.2, 0.25) is 0 Å². The quantitative estimate of drug-likeness (QED) is 0.880. The Hall–Kier alpha value is -1.53. The van der Waals surface area contributed by atoms with E-state index in [0.29, 0.717) is 5.88 Å². The first-order valence-corrected chi connectivity index (χ1v) is 7.17. The summed E-state index contributed by atoms with van der Waals surface area (Å²) in [5.74, 6) is 0.585. The van der Waals surface area contributed by atoms with Crippen LogP contribution in [0.1, 0.15) is 31.3 Å². The zero-order valence-electron chi connectivity index (χ0n) is 11.4. The zero-order chi connectivity index (χ0) is 13.7. The second kappa shape index (κ2) is 6.58. The van der Waals surface area contributed by atoms with Gasteiger partial charge in [-0.2, -0.15) is 0 Å². The molecule has 0 saturated carbocycles. The van der Waals surface area contributed by atoms with Gasteiger partial charge in [0.15, 0.2) is 5.01 Å². The van der Waals surface area contributed by atoms with E-state index in [9.17, 15) is 0 Å². The lowest BCUT2D eigenvalue weighted by Gasteiger charge is -2.11. The summed E-state index contributed by atoms with van der Waals surface area (Å²) in [5, 5.41) is 13.8. The summed E-state index contributed by atoms with van der Waals surface area (Å²) in [6, 6.07) is 4.09. The number of aromatic nitrogens is 3. The molecular formula is C13H18N4OS. The van der Waals surface area contributed by atoms with Crippen molar-refractivity contribution in [2.75, 3.05) is 13.7 Å². The molecule has 2 heterocycles. The van der Waals surface area contributed by atoms with Crippen molar-refractivity contribution in [3.05, 3.63) is 23.3 Å². The summed E-state index contributed by atoms with van der Waals surface area (Å²) >= 11 is 1.58. The van der Waals surface area contributed by atoms with E-state index in [2.05, 4.69) is 34.3 Å². The number of methoxy groups -OCH3 is 1. The number of pyridine rings is 1. The van der Waals surface area contributed by atoms with E-state index in [1.165, 1.54) is 0 Å². The Morgan fingerprint density at radius 1 is 1.37 bits per heavy atom. The van der Waals surface area contributed by atoms with E-state index < -0.39 is 0 Å². The monoisotopic (exact) mass is 278 g/mol. The molecule has 1 N–H and O–H groups in total. The number of nitrogens with zero attached hydrogens (tertiary/aromatic N) is 3. The second-order valence-corrected chi connectivity index (χ2v) is 5.03. The first-order chi connectivity index (χ1) is 9.30. The van der Waals surface area contributed by atoms with Crippen LogP contribution in [0.25, 0.3) is 10.6 Å². The predicted octanol–water partition coefficient (Wildman–Crippen LogP) is 2.67. The lowest BCUT2D eigenvalue weighted by atomic mass is 10.2. The molecule has 0 aromatic carbocycles. The Kier molecular flexibility index (Phi) is 4.81. The third-order valence-electron chi connectivity index (χ3n) is 2.79. The maximum Gasteiger partial charge on any atom is 0.223 e. The van der Waals surface area contributed by atoms with Crippen molar-refractivity contribution in [1.29, 1.82) is 0 Å². The highest BCUT2D eigenvalue weighted by Gasteiger charge is 2.17. The molecule has 0 spiro atoms. The van der Waals surface area contributed by atoms with E-state index in [1.807, 2.05) is 12.1 Å². The number of hydrogen-bond acceptors (Lipinski definition) is 6. The molecule has 0 radical (unpaired) electrons. The van der Waals surface area contributed by atoms with Crippen molar-refractivity contribution in [3.63, 3.8) is 0 Å². The highest BCUT2D eigenvalue weighted by atomic mass is 32.1. The maximum absolute atomic E-state index is 5.26. The van der Waals surface area contributed by atoms with Gasteiger partial charge in [0.2, 0.25) is 5.88 Å². The van der Waals surface area contributed by atoms with E-state index in [1.54, 1.807) is 24.6 Å². The number of ether oxygens (including phenoxy) is 1. The fourth-order valence-corrected chi connectivity index (χ4v) is 2.87. The van der Waals surface area contributed by atoms with Gasteiger partial charge in [0.25, 0.3) is 0 Å². The molecule has 0 aliphatic rings. The minimum absolute atomic E-state index is 0.263. The lowest BCUT2D eigenvalue weighted by molar-refractivity contribution is 0.399. The summed E-state index contributed by atoms with van der Waals surface area (Å²) in [6.07, 6.45) is 2.70. The van der Waals surface area contributed by atoms with Gasteiger partial charge in [0, 0.05) is 6.20 Å². The molecule has 1 unspecified atom stereocenters. The molecule has 0 amide bonds. The van der Waals surface area contributed by atoms with Crippen molar-refractivity contribution < 1.29 is 4.74 Å². The summed E-state index contributed by atoms with van der Waals surface area (Å²) in [6.45, 7) is 5.15. The highest BCUT2D eigenvalue weighted by molar-refractivity contribution is 7.14. The van der Waals surface area contributed by atoms with Crippen LogP contribution in [-0.2, 0) is 0 Å². The van der Waals surface area contributed by atoms with Crippen LogP contribution in [0.5, 0.6) is 5.88 Å². The molecule has 0 aliphatic heterocycles. The van der Waals surface area contributed by atoms with Gasteiger partial charge in [-0.25, -0.2) is 4.98 Å². The van der Waals surface area contributed by atoms with Crippen LogP contribution < -0.4 is 10.1 Å². The zero-order valence-corrected chi connectivity index (χ0v) is 12.2. The average molecular weight is 278 g/mol. The molecule has 5 nitrogen and oxygen atoms in total. The van der Waals surface area contributed by atoms with E-state index in [4.69, 9.17) is 4.74 Å². The van der Waals surface area contributed by atoms with Crippen molar-refractivity contribution in [3.8, 4) is 16.5 Å². The fraction of sp³-hybridized carbons (Fsp3) is 0.462. The Bertz CT molecular complexity index is 529. The lowest BCUT2D eigenvalue weighted by Crippen LogP contribution is -2.19. The normalized spacial score (nSPS) is 12.4. The van der Waals surface area contributed by atoms with Crippen LogP contribution >= 0.6 is 11.3 Å². The minimum atomic E-state index is 0.263. The van der Waals surface area contributed by atoms with Gasteiger partial charge in [-0.1, -0.05) is 25.2 Å². The van der Waals surface area contributed by atoms with Crippen LogP contribution in [-0.4, -0.2) is 28.8 Å². The third kappa shape index (κ3) is 3.08. The van der Waals surface area contributed by atoms with Crippen molar-refractivity contribution in [2.45, 2.75) is 26.3 Å². The molecule has 0 aliphatic carbocycles. The van der Waals surface area contributed by atoms with Crippen LogP contribution in [0.4, 0.5) is 0 Å². The van der Waals surface area contributed by atoms with Gasteiger partial charge in [-0.3, -0.25) is 0 Å². The summed E-state index contributed by atoms with van der Waals surface area (Å²) in [4.78, 5) is 4.19. The molecule has 1 atom stereocenters. The van der Waals surface area contributed by atoms with E-state index >= 15 is 0 Å². The maximum atomic E-state index is 5.26. The van der Waals surface area contributed by atoms with Gasteiger partial charge in [0.1, 0.15) is 5.01 Å². The Morgan fingerprint density at radius 3 is 2.89 bits per heavy atom. The summed E-state index contributed by atoms with van der Waals surface area (Å²) in [7, 11) is 1.61. The van der Waals surface area contributed by atoms with E-state index in [-0.39, 0.29) is 6.04 Å². The largest absolute Gasteiger partial charge is 0.480 e. The standard InChI is InChI=1S/C13H18N4OS/c1-4-10(14-5-2)13-17-16-12(19-13)9-7-6-8-15-11(9)18-3/h6-8,10,14H,4-5H2,1-3H3. The second-order valence-electron chi connectivity index (χ2n) is 4.02. The SMILES string of the molecule is CCNC(CC)c1nnc(-c2cccnc2OC)s1. The Labute approximate surface area is 117 Å². The van der Waals surface area contributed by atoms with Crippen LogP contribution in [0, 0.1) is 0 Å². The van der Waals surface area contributed by atoms with Crippen LogP contribution in [0.3, 0.4) is 0 Å². The topological polar surface area (TPSA) is 59.9 Å². The average Bonchev–Trinajstić information content (AvgIpc) is 2.94. The Balaban J connectivity index is 2.30. The molecule has 6 heteroatoms. The molecular weight excluding hydrogens is 260 g/mol. The summed E-state index contributed by atoms with van der Waals surface area (Å²) < 4.78 is 5.26. The number of rotatable bonds is 6. The van der Waals surface area contributed by atoms with Gasteiger partial charge in [-0.05, 0) is 25.1 Å².